The zero-order valence-corrected chi connectivity index (χ0v) is 17.8. The van der Waals surface area contributed by atoms with Gasteiger partial charge in [-0.25, -0.2) is 0 Å². The molecule has 154 valence electrons. The number of aryl methyl sites for hydroxylation is 1. The van der Waals surface area contributed by atoms with Gasteiger partial charge in [-0.2, -0.15) is 0 Å². The molecule has 5 nitrogen and oxygen atoms in total. The van der Waals surface area contributed by atoms with Gasteiger partial charge in [0.25, 0.3) is 11.8 Å². The lowest BCUT2D eigenvalue weighted by molar-refractivity contribution is 0.101. The molecule has 1 saturated heterocycles. The summed E-state index contributed by atoms with van der Waals surface area (Å²) in [5.41, 5.74) is 3.99. The number of amides is 2. The first-order valence-corrected chi connectivity index (χ1v) is 11.1. The lowest BCUT2D eigenvalue weighted by Gasteiger charge is -2.30. The first kappa shape index (κ1) is 20.2. The van der Waals surface area contributed by atoms with Gasteiger partial charge in [0, 0.05) is 30.2 Å². The van der Waals surface area contributed by atoms with Gasteiger partial charge in [0.2, 0.25) is 0 Å². The van der Waals surface area contributed by atoms with E-state index in [4.69, 9.17) is 0 Å². The second kappa shape index (κ2) is 9.13. The van der Waals surface area contributed by atoms with Gasteiger partial charge in [-0.15, -0.1) is 11.3 Å². The largest absolute Gasteiger partial charge is 0.371 e. The molecule has 1 fully saturated rings. The summed E-state index contributed by atoms with van der Waals surface area (Å²) in [6.45, 7) is 3.89. The van der Waals surface area contributed by atoms with E-state index in [0.717, 1.165) is 42.9 Å². The van der Waals surface area contributed by atoms with E-state index >= 15 is 0 Å². The normalized spacial score (nSPS) is 13.7. The summed E-state index contributed by atoms with van der Waals surface area (Å²) < 4.78 is 0. The summed E-state index contributed by atoms with van der Waals surface area (Å²) in [6.07, 6.45) is 3.46. The Morgan fingerprint density at radius 3 is 2.27 bits per heavy atom. The third-order valence-electron chi connectivity index (χ3n) is 5.25. The molecule has 0 saturated carbocycles. The van der Waals surface area contributed by atoms with Crippen LogP contribution < -0.4 is 15.5 Å². The molecule has 2 aromatic carbocycles. The second-order valence-corrected chi connectivity index (χ2v) is 8.48. The minimum Gasteiger partial charge on any atom is -0.371 e. The molecular formula is C24H25N3O2S. The maximum Gasteiger partial charge on any atom is 0.265 e. The highest BCUT2D eigenvalue weighted by Crippen LogP contribution is 2.28. The van der Waals surface area contributed by atoms with Crippen molar-refractivity contribution in [3.05, 3.63) is 76.0 Å². The molecule has 30 heavy (non-hydrogen) atoms. The summed E-state index contributed by atoms with van der Waals surface area (Å²) in [5.74, 6) is -0.340. The Morgan fingerprint density at radius 1 is 0.867 bits per heavy atom. The van der Waals surface area contributed by atoms with Crippen LogP contribution in [0.15, 0.2) is 60.0 Å². The van der Waals surface area contributed by atoms with Crippen LogP contribution in [-0.2, 0) is 0 Å². The molecule has 1 aliphatic heterocycles. The topological polar surface area (TPSA) is 61.4 Å². The average Bonchev–Trinajstić information content (AvgIpc) is 3.31. The van der Waals surface area contributed by atoms with E-state index in [1.54, 1.807) is 12.1 Å². The van der Waals surface area contributed by atoms with Gasteiger partial charge in [0.15, 0.2) is 0 Å². The number of carbonyl (C=O) groups excluding carboxylic acids is 2. The van der Waals surface area contributed by atoms with Crippen LogP contribution in [0.3, 0.4) is 0 Å². The van der Waals surface area contributed by atoms with Crippen LogP contribution in [0, 0.1) is 6.92 Å². The summed E-state index contributed by atoms with van der Waals surface area (Å²) in [7, 11) is 0. The zero-order valence-electron chi connectivity index (χ0n) is 17.0. The maximum atomic E-state index is 13.2. The standard InChI is InChI=1S/C24H25N3O2S/c1-17-7-9-18(10-8-17)25-23(28)20-16-19(26-24(29)22-6-5-15-30-22)11-12-21(20)27-13-3-2-4-14-27/h5-12,15-16H,2-4,13-14H2,1H3,(H,25,28)(H,26,29). The van der Waals surface area contributed by atoms with Crippen LogP contribution in [0.1, 0.15) is 44.9 Å². The van der Waals surface area contributed by atoms with E-state index in [2.05, 4.69) is 15.5 Å². The predicted octanol–water partition coefficient (Wildman–Crippen LogP) is 5.55. The van der Waals surface area contributed by atoms with E-state index in [0.29, 0.717) is 16.1 Å². The Balaban J connectivity index is 1.62. The van der Waals surface area contributed by atoms with E-state index in [-0.39, 0.29) is 11.8 Å². The van der Waals surface area contributed by atoms with E-state index in [1.165, 1.54) is 17.8 Å². The van der Waals surface area contributed by atoms with Crippen molar-refractivity contribution < 1.29 is 9.59 Å². The number of nitrogens with one attached hydrogen (secondary N) is 2. The number of piperidine rings is 1. The highest BCUT2D eigenvalue weighted by molar-refractivity contribution is 7.12. The number of hydrogen-bond acceptors (Lipinski definition) is 4. The third kappa shape index (κ3) is 4.71. The third-order valence-corrected chi connectivity index (χ3v) is 6.12. The van der Waals surface area contributed by atoms with Crippen LogP contribution in [0.2, 0.25) is 0 Å². The van der Waals surface area contributed by atoms with Crippen molar-refractivity contribution in [1.82, 2.24) is 0 Å². The smallest absolute Gasteiger partial charge is 0.265 e. The Hall–Kier alpha value is -3.12. The first-order chi connectivity index (χ1) is 14.6. The van der Waals surface area contributed by atoms with E-state index in [1.807, 2.05) is 54.8 Å². The molecule has 0 spiro atoms. The quantitative estimate of drug-likeness (QED) is 0.570. The molecule has 6 heteroatoms. The minimum absolute atomic E-state index is 0.166. The summed E-state index contributed by atoms with van der Waals surface area (Å²) >= 11 is 1.39. The van der Waals surface area contributed by atoms with E-state index in [9.17, 15) is 9.59 Å². The van der Waals surface area contributed by atoms with Gasteiger partial charge in [0.05, 0.1) is 10.4 Å². The minimum atomic E-state index is -0.174. The fourth-order valence-corrected chi connectivity index (χ4v) is 4.26. The Labute approximate surface area is 180 Å². The van der Waals surface area contributed by atoms with Crippen molar-refractivity contribution in [3.8, 4) is 0 Å². The average molecular weight is 420 g/mol. The molecule has 0 unspecified atom stereocenters. The summed E-state index contributed by atoms with van der Waals surface area (Å²) in [6, 6.07) is 17.0. The molecule has 0 atom stereocenters. The lowest BCUT2D eigenvalue weighted by Crippen LogP contribution is -2.31. The van der Waals surface area contributed by atoms with Gasteiger partial charge in [0.1, 0.15) is 0 Å². The van der Waals surface area contributed by atoms with Crippen molar-refractivity contribution >= 4 is 40.2 Å². The van der Waals surface area contributed by atoms with Gasteiger partial charge in [-0.05, 0) is 68.0 Å². The van der Waals surface area contributed by atoms with Crippen LogP contribution in [0.4, 0.5) is 17.1 Å². The lowest BCUT2D eigenvalue weighted by atomic mass is 10.1. The molecule has 0 aliphatic carbocycles. The van der Waals surface area contributed by atoms with Crippen molar-refractivity contribution in [1.29, 1.82) is 0 Å². The number of carbonyl (C=O) groups is 2. The molecule has 4 rings (SSSR count). The van der Waals surface area contributed by atoms with Crippen LogP contribution in [0.25, 0.3) is 0 Å². The maximum absolute atomic E-state index is 13.2. The van der Waals surface area contributed by atoms with Crippen LogP contribution in [0.5, 0.6) is 0 Å². The van der Waals surface area contributed by atoms with Crippen LogP contribution in [-0.4, -0.2) is 24.9 Å². The molecule has 1 aliphatic rings. The van der Waals surface area contributed by atoms with Crippen molar-refractivity contribution in [3.63, 3.8) is 0 Å². The molecule has 1 aromatic heterocycles. The molecule has 0 radical (unpaired) electrons. The SMILES string of the molecule is Cc1ccc(NC(=O)c2cc(NC(=O)c3cccs3)ccc2N2CCCCC2)cc1. The Kier molecular flexibility index (Phi) is 6.14. The summed E-state index contributed by atoms with van der Waals surface area (Å²) in [4.78, 5) is 28.5. The van der Waals surface area contributed by atoms with Gasteiger partial charge in [-0.3, -0.25) is 9.59 Å². The number of benzene rings is 2. The fraction of sp³-hybridized carbons (Fsp3) is 0.250. The molecule has 2 heterocycles. The predicted molar refractivity (Wildman–Crippen MR) is 124 cm³/mol. The number of anilines is 3. The second-order valence-electron chi connectivity index (χ2n) is 7.53. The monoisotopic (exact) mass is 419 g/mol. The highest BCUT2D eigenvalue weighted by Gasteiger charge is 2.20. The Morgan fingerprint density at radius 2 is 1.57 bits per heavy atom. The molecule has 2 N–H and O–H groups in total. The van der Waals surface area contributed by atoms with Crippen LogP contribution >= 0.6 is 11.3 Å². The van der Waals surface area contributed by atoms with Crippen molar-refractivity contribution in [2.75, 3.05) is 28.6 Å². The number of rotatable bonds is 5. The highest BCUT2D eigenvalue weighted by atomic mass is 32.1. The first-order valence-electron chi connectivity index (χ1n) is 10.2. The van der Waals surface area contributed by atoms with Crippen molar-refractivity contribution in [2.24, 2.45) is 0 Å². The van der Waals surface area contributed by atoms with Gasteiger partial charge in [-0.1, -0.05) is 23.8 Å². The molecule has 0 bridgehead atoms. The summed E-state index contributed by atoms with van der Waals surface area (Å²) in [5, 5.41) is 7.78. The number of hydrogen-bond donors (Lipinski definition) is 2. The molecular weight excluding hydrogens is 394 g/mol. The number of nitrogens with zero attached hydrogens (tertiary/aromatic N) is 1. The molecule has 3 aromatic rings. The van der Waals surface area contributed by atoms with Crippen molar-refractivity contribution in [2.45, 2.75) is 26.2 Å². The van der Waals surface area contributed by atoms with E-state index < -0.39 is 0 Å². The number of thiophene rings is 1. The van der Waals surface area contributed by atoms with Gasteiger partial charge < -0.3 is 15.5 Å². The Bertz CT molecular complexity index is 1020. The fourth-order valence-electron chi connectivity index (χ4n) is 3.64. The molecule has 2 amide bonds. The van der Waals surface area contributed by atoms with Gasteiger partial charge >= 0.3 is 0 Å². The zero-order chi connectivity index (χ0) is 20.9.